The molecule has 0 heterocycles. The quantitative estimate of drug-likeness (QED) is 0.0820. The van der Waals surface area contributed by atoms with E-state index in [0.717, 1.165) is 72.2 Å². The van der Waals surface area contributed by atoms with Gasteiger partial charge in [-0.05, 0) is 163 Å². The van der Waals surface area contributed by atoms with E-state index in [0.29, 0.717) is 48.4 Å². The van der Waals surface area contributed by atoms with E-state index >= 15 is 0 Å². The van der Waals surface area contributed by atoms with Crippen molar-refractivity contribution < 1.29 is 55.0 Å². The fourth-order valence-electron chi connectivity index (χ4n) is 7.91. The number of carbonyl (C=O) groups excluding carboxylic acids is 4. The summed E-state index contributed by atoms with van der Waals surface area (Å²) in [7, 11) is 0. The van der Waals surface area contributed by atoms with Crippen LogP contribution in [0.15, 0.2) is 72.8 Å². The van der Waals surface area contributed by atoms with Gasteiger partial charge in [-0.25, -0.2) is 0 Å². The molecule has 4 aromatic rings. The number of nitrogens with zero attached hydrogens (tertiary/aromatic N) is 2. The fourth-order valence-corrected chi connectivity index (χ4v) is 7.91. The smallest absolute Gasteiger partial charge is 0.416 e. The Balaban J connectivity index is 0.000000292. The van der Waals surface area contributed by atoms with Gasteiger partial charge in [-0.2, -0.15) is 26.3 Å². The highest BCUT2D eigenvalue weighted by Crippen LogP contribution is 2.41. The normalized spacial score (nSPS) is 14.2. The van der Waals surface area contributed by atoms with E-state index < -0.39 is 46.8 Å². The Morgan fingerprint density at radius 1 is 0.603 bits per heavy atom. The van der Waals surface area contributed by atoms with Gasteiger partial charge in [-0.3, -0.25) is 19.2 Å². The Bertz CT molecular complexity index is 2440. The van der Waals surface area contributed by atoms with Gasteiger partial charge >= 0.3 is 24.3 Å². The molecule has 6 rings (SSSR count). The summed E-state index contributed by atoms with van der Waals surface area (Å²) >= 11 is 0. The van der Waals surface area contributed by atoms with Gasteiger partial charge in [0, 0.05) is 38.0 Å². The molecule has 2 saturated carbocycles. The second-order valence-electron chi connectivity index (χ2n) is 18.0. The summed E-state index contributed by atoms with van der Waals surface area (Å²) in [5, 5.41) is 0. The average molecular weight is 953 g/mol. The van der Waals surface area contributed by atoms with Gasteiger partial charge in [0.25, 0.3) is 0 Å². The first-order chi connectivity index (χ1) is 31.4. The van der Waals surface area contributed by atoms with Crippen LogP contribution >= 0.6 is 0 Å². The summed E-state index contributed by atoms with van der Waals surface area (Å²) in [4.78, 5) is 53.7. The van der Waals surface area contributed by atoms with Crippen molar-refractivity contribution >= 4 is 23.8 Å². The van der Waals surface area contributed by atoms with Crippen molar-refractivity contribution in [3.63, 3.8) is 0 Å². The van der Waals surface area contributed by atoms with E-state index in [9.17, 15) is 45.5 Å². The van der Waals surface area contributed by atoms with Crippen LogP contribution in [0.4, 0.5) is 26.3 Å². The lowest BCUT2D eigenvalue weighted by Gasteiger charge is -2.26. The number of esters is 2. The van der Waals surface area contributed by atoms with Crippen LogP contribution in [0, 0.1) is 25.7 Å². The Kier molecular flexibility index (Phi) is 18.3. The third-order valence-corrected chi connectivity index (χ3v) is 12.3. The summed E-state index contributed by atoms with van der Waals surface area (Å²) in [5.74, 6) is -1.71. The molecule has 0 bridgehead atoms. The van der Waals surface area contributed by atoms with Crippen LogP contribution in [-0.2, 0) is 59.5 Å². The Labute approximate surface area is 397 Å². The minimum Gasteiger partial charge on any atom is -0.466 e. The molecule has 8 nitrogen and oxygen atoms in total. The number of hydrogen-bond donors (Lipinski definition) is 0. The SMILES string of the molecule is C.CCOC(=O)C(C)(C)c1cc(-c2ccc(C)cc2CN(CC)C(=O)C2CC2)cc(C(F)(F)F)c1.CCOC(=O)C(C)c1cc(-c2ccc(C)cc2CN(CC)C(=O)C2CC2)cc(C(F)(F)F)c1. The molecule has 0 spiro atoms. The number of halogens is 6. The molecule has 4 aromatic carbocycles. The first-order valence-corrected chi connectivity index (χ1v) is 23.0. The van der Waals surface area contributed by atoms with E-state index in [1.54, 1.807) is 68.7 Å². The molecule has 2 aliphatic rings. The Morgan fingerprint density at radius 3 is 1.41 bits per heavy atom. The largest absolute Gasteiger partial charge is 0.466 e. The number of ether oxygens (including phenoxy) is 2. The van der Waals surface area contributed by atoms with Gasteiger partial charge in [0.05, 0.1) is 35.7 Å². The van der Waals surface area contributed by atoms with Crippen LogP contribution in [0.25, 0.3) is 22.3 Å². The predicted molar refractivity (Wildman–Crippen MR) is 252 cm³/mol. The van der Waals surface area contributed by atoms with E-state index in [1.807, 2.05) is 52.0 Å². The van der Waals surface area contributed by atoms with Crippen molar-refractivity contribution in [2.75, 3.05) is 26.3 Å². The highest BCUT2D eigenvalue weighted by atomic mass is 19.4. The van der Waals surface area contributed by atoms with E-state index in [1.165, 1.54) is 0 Å². The average Bonchev–Trinajstić information content (AvgIpc) is 4.21. The van der Waals surface area contributed by atoms with Crippen LogP contribution in [0.5, 0.6) is 0 Å². The Morgan fingerprint density at radius 2 is 1.01 bits per heavy atom. The zero-order chi connectivity index (χ0) is 49.6. The molecule has 0 aromatic heterocycles. The van der Waals surface area contributed by atoms with Gasteiger partial charge < -0.3 is 19.3 Å². The van der Waals surface area contributed by atoms with Crippen LogP contribution in [0.2, 0.25) is 0 Å². The maximum Gasteiger partial charge on any atom is 0.416 e. The first kappa shape index (κ1) is 54.9. The second-order valence-corrected chi connectivity index (χ2v) is 18.0. The summed E-state index contributed by atoms with van der Waals surface area (Å²) in [5.41, 5.74) is 2.95. The lowest BCUT2D eigenvalue weighted by atomic mass is 9.81. The summed E-state index contributed by atoms with van der Waals surface area (Å²) in [6.07, 6.45) is -5.61. The number of alkyl halides is 6. The van der Waals surface area contributed by atoms with Crippen LogP contribution < -0.4 is 0 Å². The number of hydrogen-bond acceptors (Lipinski definition) is 6. The molecule has 0 radical (unpaired) electrons. The molecule has 14 heteroatoms. The maximum absolute atomic E-state index is 13.9. The number of rotatable bonds is 16. The molecule has 370 valence electrons. The number of aryl methyl sites for hydroxylation is 2. The predicted octanol–water partition coefficient (Wildman–Crippen LogP) is 13.0. The molecule has 68 heavy (non-hydrogen) atoms. The summed E-state index contributed by atoms with van der Waals surface area (Å²) in [6.45, 7) is 17.6. The third kappa shape index (κ3) is 13.7. The molecular formula is C54H66F6N2O6. The van der Waals surface area contributed by atoms with Crippen LogP contribution in [-0.4, -0.2) is 59.9 Å². The lowest BCUT2D eigenvalue weighted by molar-refractivity contribution is -0.149. The van der Waals surface area contributed by atoms with Crippen molar-refractivity contribution in [2.45, 2.75) is 132 Å². The highest BCUT2D eigenvalue weighted by molar-refractivity contribution is 5.85. The zero-order valence-corrected chi connectivity index (χ0v) is 39.8. The van der Waals surface area contributed by atoms with Crippen LogP contribution in [0.3, 0.4) is 0 Å². The molecule has 1 unspecified atom stereocenters. The molecule has 0 N–H and O–H groups in total. The molecule has 2 aliphatic carbocycles. The minimum absolute atomic E-state index is 0. The topological polar surface area (TPSA) is 93.2 Å². The molecular weight excluding hydrogens is 887 g/mol. The van der Waals surface area contributed by atoms with Crippen molar-refractivity contribution in [2.24, 2.45) is 11.8 Å². The minimum atomic E-state index is -4.59. The standard InChI is InChI=1S/C27H32F3NO3.C26H30F3NO3.CH4/c1-6-31(24(32)18-9-10-18)16-20-12-17(3)8-11-23(20)19-13-21(15-22(14-19)27(28,29)30)26(4,5)25(33)34-7-2;1-5-30(24(31)18-8-9-18)15-21-11-16(3)7-10-23(21)20-12-19(17(4)25(32)33-6-2)13-22(14-20)26(27,28)29;/h8,11-15,18H,6-7,9-10,16H2,1-5H3;7,10-14,17-18H,5-6,8-9,15H2,1-4H3;1H4. The molecule has 1 atom stereocenters. The molecule has 2 fully saturated rings. The van der Waals surface area contributed by atoms with Crippen molar-refractivity contribution in [3.8, 4) is 22.3 Å². The van der Waals surface area contributed by atoms with E-state index in [2.05, 4.69) is 0 Å². The fraction of sp³-hybridized carbons (Fsp3) is 0.481. The first-order valence-electron chi connectivity index (χ1n) is 23.0. The molecule has 2 amide bonds. The Hall–Kier alpha value is -5.66. The van der Waals surface area contributed by atoms with Gasteiger partial charge in [0.1, 0.15) is 0 Å². The van der Waals surface area contributed by atoms with Crippen molar-refractivity contribution in [1.82, 2.24) is 9.80 Å². The summed E-state index contributed by atoms with van der Waals surface area (Å²) in [6, 6.07) is 18.6. The van der Waals surface area contributed by atoms with Gasteiger partial charge in [-0.1, -0.05) is 61.0 Å². The molecule has 0 aliphatic heterocycles. The monoisotopic (exact) mass is 952 g/mol. The number of benzene rings is 4. The van der Waals surface area contributed by atoms with E-state index in [-0.39, 0.29) is 55.4 Å². The van der Waals surface area contributed by atoms with Crippen molar-refractivity contribution in [3.05, 3.63) is 117 Å². The van der Waals surface area contributed by atoms with Crippen molar-refractivity contribution in [1.29, 1.82) is 0 Å². The number of amides is 2. The second kappa shape index (κ2) is 22.6. The highest BCUT2D eigenvalue weighted by Gasteiger charge is 2.38. The van der Waals surface area contributed by atoms with Gasteiger partial charge in [0.2, 0.25) is 11.8 Å². The molecule has 0 saturated heterocycles. The zero-order valence-electron chi connectivity index (χ0n) is 39.8. The number of carbonyl (C=O) groups is 4. The maximum atomic E-state index is 13.9. The third-order valence-electron chi connectivity index (χ3n) is 12.3. The summed E-state index contributed by atoms with van der Waals surface area (Å²) < 4.78 is 93.0. The van der Waals surface area contributed by atoms with Gasteiger partial charge in [0.15, 0.2) is 0 Å². The van der Waals surface area contributed by atoms with Crippen LogP contribution in [0.1, 0.15) is 132 Å². The van der Waals surface area contributed by atoms with E-state index in [4.69, 9.17) is 9.47 Å². The lowest BCUT2D eigenvalue weighted by Crippen LogP contribution is -2.32. The van der Waals surface area contributed by atoms with Gasteiger partial charge in [-0.15, -0.1) is 0 Å².